The number of nitrogens with zero attached hydrogens (tertiary/aromatic N) is 1. The van der Waals surface area contributed by atoms with E-state index in [1.165, 1.54) is 5.41 Å². The molecule has 0 N–H and O–H groups in total. The molecule has 0 radical (unpaired) electrons. The van der Waals surface area contributed by atoms with Gasteiger partial charge in [0.15, 0.2) is 0 Å². The van der Waals surface area contributed by atoms with Crippen LogP contribution in [0.4, 0.5) is 0 Å². The third kappa shape index (κ3) is 2.66. The predicted molar refractivity (Wildman–Crippen MR) is 78.6 cm³/mol. The normalized spacial score (nSPS) is 27.2. The average Bonchev–Trinajstić information content (AvgIpc) is 2.70. The molecule has 0 amide bonds. The van der Waals surface area contributed by atoms with E-state index in [1.54, 1.807) is 10.4 Å². The number of aryl methyl sites for hydroxylation is 1. The lowest BCUT2D eigenvalue weighted by Crippen LogP contribution is -2.48. The standard InChI is InChI=1S/C15H19NO3S/c1-12-2-4-13(5-3-12)8-9-20(17,18)16-14-6-7-15(16)11-19-10-14/h2-5,8-9,14-15H,6-7,10-11H2,1H3/b9-8+/t14-,15-/m0/s1. The Bertz CT molecular complexity index is 591. The molecule has 0 spiro atoms. The van der Waals surface area contributed by atoms with Gasteiger partial charge in [0.1, 0.15) is 0 Å². The highest BCUT2D eigenvalue weighted by molar-refractivity contribution is 7.92. The van der Waals surface area contributed by atoms with Crippen molar-refractivity contribution in [1.82, 2.24) is 4.31 Å². The minimum absolute atomic E-state index is 0.0152. The molecular weight excluding hydrogens is 274 g/mol. The molecule has 0 saturated carbocycles. The zero-order chi connectivity index (χ0) is 14.2. The molecule has 2 heterocycles. The average molecular weight is 293 g/mol. The molecule has 2 fully saturated rings. The fourth-order valence-electron chi connectivity index (χ4n) is 2.92. The van der Waals surface area contributed by atoms with Gasteiger partial charge in [-0.1, -0.05) is 29.8 Å². The first-order valence-corrected chi connectivity index (χ1v) is 8.42. The molecule has 4 nitrogen and oxygen atoms in total. The van der Waals surface area contributed by atoms with Crippen molar-refractivity contribution >= 4 is 16.1 Å². The molecule has 0 unspecified atom stereocenters. The molecule has 1 aromatic rings. The number of sulfonamides is 1. The van der Waals surface area contributed by atoms with Crippen LogP contribution >= 0.6 is 0 Å². The Morgan fingerprint density at radius 1 is 1.15 bits per heavy atom. The van der Waals surface area contributed by atoms with Gasteiger partial charge in [-0.15, -0.1) is 0 Å². The molecular formula is C15H19NO3S. The van der Waals surface area contributed by atoms with E-state index < -0.39 is 10.0 Å². The van der Waals surface area contributed by atoms with Crippen LogP contribution in [0.25, 0.3) is 6.08 Å². The van der Waals surface area contributed by atoms with Crippen molar-refractivity contribution in [2.24, 2.45) is 0 Å². The molecule has 5 heteroatoms. The smallest absolute Gasteiger partial charge is 0.236 e. The molecule has 2 atom stereocenters. The van der Waals surface area contributed by atoms with Crippen molar-refractivity contribution in [1.29, 1.82) is 0 Å². The summed E-state index contributed by atoms with van der Waals surface area (Å²) in [5.74, 6) is 0. The molecule has 3 rings (SSSR count). The van der Waals surface area contributed by atoms with Crippen LogP contribution in [0.2, 0.25) is 0 Å². The Labute approximate surface area is 120 Å². The second-order valence-electron chi connectivity index (χ2n) is 5.51. The molecule has 20 heavy (non-hydrogen) atoms. The maximum atomic E-state index is 12.5. The molecule has 108 valence electrons. The summed E-state index contributed by atoms with van der Waals surface area (Å²) in [6.45, 7) is 3.05. The van der Waals surface area contributed by atoms with Gasteiger partial charge in [0.2, 0.25) is 10.0 Å². The first-order chi connectivity index (χ1) is 9.56. The van der Waals surface area contributed by atoms with Crippen LogP contribution in [0, 0.1) is 6.92 Å². The summed E-state index contributed by atoms with van der Waals surface area (Å²) in [5.41, 5.74) is 2.07. The van der Waals surface area contributed by atoms with E-state index in [0.29, 0.717) is 13.2 Å². The molecule has 1 aromatic carbocycles. The molecule has 0 aromatic heterocycles. The summed E-state index contributed by atoms with van der Waals surface area (Å²) >= 11 is 0. The number of rotatable bonds is 3. The summed E-state index contributed by atoms with van der Waals surface area (Å²) in [5, 5.41) is 1.33. The SMILES string of the molecule is Cc1ccc(/C=C/S(=O)(=O)N2[C@H]3CC[C@H]2COC3)cc1. The van der Waals surface area contributed by atoms with Crippen LogP contribution in [-0.4, -0.2) is 38.0 Å². The Morgan fingerprint density at radius 3 is 2.35 bits per heavy atom. The van der Waals surface area contributed by atoms with Crippen molar-refractivity contribution in [2.75, 3.05) is 13.2 Å². The summed E-state index contributed by atoms with van der Waals surface area (Å²) in [6.07, 6.45) is 3.48. The third-order valence-electron chi connectivity index (χ3n) is 3.98. The Kier molecular flexibility index (Phi) is 3.67. The fourth-order valence-corrected chi connectivity index (χ4v) is 4.55. The van der Waals surface area contributed by atoms with E-state index in [2.05, 4.69) is 0 Å². The summed E-state index contributed by atoms with van der Waals surface area (Å²) < 4.78 is 32.0. The van der Waals surface area contributed by atoms with Crippen LogP contribution in [0.5, 0.6) is 0 Å². The minimum Gasteiger partial charge on any atom is -0.378 e. The number of benzene rings is 1. The van der Waals surface area contributed by atoms with Gasteiger partial charge in [-0.3, -0.25) is 0 Å². The van der Waals surface area contributed by atoms with Crippen molar-refractivity contribution in [3.8, 4) is 0 Å². The highest BCUT2D eigenvalue weighted by Gasteiger charge is 2.43. The van der Waals surface area contributed by atoms with Gasteiger partial charge < -0.3 is 4.74 Å². The van der Waals surface area contributed by atoms with Crippen LogP contribution in [0.15, 0.2) is 29.7 Å². The summed E-state index contributed by atoms with van der Waals surface area (Å²) in [6, 6.07) is 7.84. The number of hydrogen-bond acceptors (Lipinski definition) is 3. The van der Waals surface area contributed by atoms with Crippen LogP contribution in [-0.2, 0) is 14.8 Å². The number of ether oxygens (including phenoxy) is 1. The number of morpholine rings is 1. The molecule has 2 saturated heterocycles. The first kappa shape index (κ1) is 13.8. The van der Waals surface area contributed by atoms with Gasteiger partial charge in [0.05, 0.1) is 13.2 Å². The molecule has 2 aliphatic rings. The van der Waals surface area contributed by atoms with Gasteiger partial charge in [0, 0.05) is 17.5 Å². The van der Waals surface area contributed by atoms with Crippen molar-refractivity contribution < 1.29 is 13.2 Å². The first-order valence-electron chi connectivity index (χ1n) is 6.92. The maximum absolute atomic E-state index is 12.5. The van der Waals surface area contributed by atoms with Crippen molar-refractivity contribution in [2.45, 2.75) is 31.8 Å². The van der Waals surface area contributed by atoms with Crippen LogP contribution in [0.3, 0.4) is 0 Å². The van der Waals surface area contributed by atoms with Gasteiger partial charge in [-0.25, -0.2) is 8.42 Å². The van der Waals surface area contributed by atoms with E-state index in [9.17, 15) is 8.42 Å². The zero-order valence-corrected chi connectivity index (χ0v) is 12.3. The lowest BCUT2D eigenvalue weighted by molar-refractivity contribution is 0.0275. The Balaban J connectivity index is 1.80. The van der Waals surface area contributed by atoms with Gasteiger partial charge in [-0.2, -0.15) is 4.31 Å². The van der Waals surface area contributed by atoms with Gasteiger partial charge >= 0.3 is 0 Å². The largest absolute Gasteiger partial charge is 0.378 e. The van der Waals surface area contributed by atoms with Crippen LogP contribution < -0.4 is 0 Å². The molecule has 0 aliphatic carbocycles. The summed E-state index contributed by atoms with van der Waals surface area (Å²) in [7, 11) is -3.35. The lowest BCUT2D eigenvalue weighted by atomic mass is 10.2. The highest BCUT2D eigenvalue weighted by atomic mass is 32.2. The highest BCUT2D eigenvalue weighted by Crippen LogP contribution is 2.32. The van der Waals surface area contributed by atoms with E-state index in [4.69, 9.17) is 4.74 Å². The quantitative estimate of drug-likeness (QED) is 0.858. The van der Waals surface area contributed by atoms with E-state index >= 15 is 0 Å². The van der Waals surface area contributed by atoms with Crippen molar-refractivity contribution in [3.05, 3.63) is 40.8 Å². The number of hydrogen-bond donors (Lipinski definition) is 0. The Hall–Kier alpha value is -1.17. The number of fused-ring (bicyclic) bond motifs is 2. The second-order valence-corrected chi connectivity index (χ2v) is 7.23. The van der Waals surface area contributed by atoms with E-state index in [0.717, 1.165) is 24.0 Å². The third-order valence-corrected chi connectivity index (χ3v) is 5.64. The van der Waals surface area contributed by atoms with Gasteiger partial charge in [-0.05, 0) is 31.4 Å². The maximum Gasteiger partial charge on any atom is 0.236 e. The minimum atomic E-state index is -3.35. The predicted octanol–water partition coefficient (Wildman–Crippen LogP) is 2.16. The van der Waals surface area contributed by atoms with E-state index in [-0.39, 0.29) is 12.1 Å². The lowest BCUT2D eigenvalue weighted by Gasteiger charge is -2.32. The zero-order valence-electron chi connectivity index (χ0n) is 11.5. The molecule has 2 bridgehead atoms. The topological polar surface area (TPSA) is 46.6 Å². The van der Waals surface area contributed by atoms with E-state index in [1.807, 2.05) is 31.2 Å². The van der Waals surface area contributed by atoms with Crippen LogP contribution in [0.1, 0.15) is 24.0 Å². The monoisotopic (exact) mass is 293 g/mol. The summed E-state index contributed by atoms with van der Waals surface area (Å²) in [4.78, 5) is 0. The molecule has 2 aliphatic heterocycles. The van der Waals surface area contributed by atoms with Crippen molar-refractivity contribution in [3.63, 3.8) is 0 Å². The Morgan fingerprint density at radius 2 is 1.75 bits per heavy atom. The van der Waals surface area contributed by atoms with Gasteiger partial charge in [0.25, 0.3) is 0 Å². The fraction of sp³-hybridized carbons (Fsp3) is 0.467. The second kappa shape index (κ2) is 5.31.